The molecule has 0 bridgehead atoms. The highest BCUT2D eigenvalue weighted by molar-refractivity contribution is 5.74. The monoisotopic (exact) mass is 338 g/mol. The number of rotatable bonds is 4. The van der Waals surface area contributed by atoms with Crippen molar-refractivity contribution in [2.75, 3.05) is 0 Å². The van der Waals surface area contributed by atoms with Crippen LogP contribution >= 0.6 is 0 Å². The van der Waals surface area contributed by atoms with Gasteiger partial charge in [-0.1, -0.05) is 84.9 Å². The van der Waals surface area contributed by atoms with Gasteiger partial charge in [0, 0.05) is 5.56 Å². The molecule has 0 aliphatic rings. The molecule has 0 aromatic heterocycles. The van der Waals surface area contributed by atoms with Crippen LogP contribution in [0.3, 0.4) is 0 Å². The van der Waals surface area contributed by atoms with Gasteiger partial charge in [-0.15, -0.1) is 0 Å². The van der Waals surface area contributed by atoms with Crippen molar-refractivity contribution in [2.24, 2.45) is 0 Å². The number of hydrogen-bond donors (Lipinski definition) is 1. The quantitative estimate of drug-likeness (QED) is 0.459. The van der Waals surface area contributed by atoms with Crippen LogP contribution in [-0.4, -0.2) is 5.11 Å². The lowest BCUT2D eigenvalue weighted by molar-refractivity contribution is 0.412. The van der Waals surface area contributed by atoms with E-state index >= 15 is 0 Å². The summed E-state index contributed by atoms with van der Waals surface area (Å²) in [6.45, 7) is 0. The van der Waals surface area contributed by atoms with Crippen LogP contribution in [0.25, 0.3) is 22.3 Å². The zero-order valence-corrected chi connectivity index (χ0v) is 14.2. The summed E-state index contributed by atoms with van der Waals surface area (Å²) in [4.78, 5) is 0. The van der Waals surface area contributed by atoms with Crippen molar-refractivity contribution in [1.82, 2.24) is 0 Å². The molecule has 0 atom stereocenters. The van der Waals surface area contributed by atoms with Gasteiger partial charge in [0.15, 0.2) is 11.5 Å². The van der Waals surface area contributed by atoms with Crippen LogP contribution in [0, 0.1) is 0 Å². The molecule has 0 saturated carbocycles. The molecule has 4 aromatic rings. The fourth-order valence-electron chi connectivity index (χ4n) is 2.93. The molecule has 0 saturated heterocycles. The molecule has 26 heavy (non-hydrogen) atoms. The summed E-state index contributed by atoms with van der Waals surface area (Å²) in [5.41, 5.74) is 4.41. The van der Waals surface area contributed by atoms with E-state index in [1.807, 2.05) is 48.5 Å². The van der Waals surface area contributed by atoms with E-state index in [0.717, 1.165) is 11.1 Å². The maximum atomic E-state index is 9.97. The first-order valence-electron chi connectivity index (χ1n) is 8.52. The van der Waals surface area contributed by atoms with E-state index in [9.17, 15) is 5.11 Å². The van der Waals surface area contributed by atoms with E-state index in [1.54, 1.807) is 18.2 Å². The molecule has 0 amide bonds. The SMILES string of the molecule is Oc1ccccc1Oc1ccccc1-c1ccc(-c2ccccc2)cc1. The maximum Gasteiger partial charge on any atom is 0.169 e. The van der Waals surface area contributed by atoms with E-state index in [-0.39, 0.29) is 5.75 Å². The van der Waals surface area contributed by atoms with Crippen molar-refractivity contribution in [3.8, 4) is 39.5 Å². The molecule has 126 valence electrons. The third kappa shape index (κ3) is 3.31. The second kappa shape index (κ2) is 7.16. The highest BCUT2D eigenvalue weighted by atomic mass is 16.5. The lowest BCUT2D eigenvalue weighted by Gasteiger charge is -2.12. The first-order valence-corrected chi connectivity index (χ1v) is 8.52. The first kappa shape index (κ1) is 16.0. The van der Waals surface area contributed by atoms with Crippen LogP contribution < -0.4 is 4.74 Å². The lowest BCUT2D eigenvalue weighted by atomic mass is 10.00. The lowest BCUT2D eigenvalue weighted by Crippen LogP contribution is -1.89. The second-order valence-corrected chi connectivity index (χ2v) is 6.01. The number of hydrogen-bond acceptors (Lipinski definition) is 2. The number of phenolic OH excluding ortho intramolecular Hbond substituents is 1. The van der Waals surface area contributed by atoms with Gasteiger partial charge < -0.3 is 9.84 Å². The van der Waals surface area contributed by atoms with Gasteiger partial charge in [-0.3, -0.25) is 0 Å². The third-order valence-electron chi connectivity index (χ3n) is 4.28. The molecule has 0 spiro atoms. The minimum Gasteiger partial charge on any atom is -0.504 e. The summed E-state index contributed by atoms with van der Waals surface area (Å²) in [6, 6.07) is 33.5. The fourth-order valence-corrected chi connectivity index (χ4v) is 2.93. The molecule has 2 nitrogen and oxygen atoms in total. The third-order valence-corrected chi connectivity index (χ3v) is 4.28. The van der Waals surface area contributed by atoms with Crippen LogP contribution in [0.15, 0.2) is 103 Å². The standard InChI is InChI=1S/C24H18O2/c25-22-11-5-7-13-24(22)26-23-12-6-4-10-21(23)20-16-14-19(15-17-20)18-8-2-1-3-9-18/h1-17,25H. The number of benzene rings is 4. The average Bonchev–Trinajstić information content (AvgIpc) is 2.71. The van der Waals surface area contributed by atoms with Crippen molar-refractivity contribution in [3.05, 3.63) is 103 Å². The Morgan fingerprint density at radius 2 is 1.00 bits per heavy atom. The molecule has 4 aromatic carbocycles. The number of ether oxygens (including phenoxy) is 1. The average molecular weight is 338 g/mol. The van der Waals surface area contributed by atoms with E-state index in [1.165, 1.54) is 11.1 Å². The Hall–Kier alpha value is -3.52. The van der Waals surface area contributed by atoms with Crippen LogP contribution in [0.2, 0.25) is 0 Å². The first-order chi connectivity index (χ1) is 12.8. The molecule has 1 N–H and O–H groups in total. The molecular formula is C24H18O2. The van der Waals surface area contributed by atoms with E-state index in [0.29, 0.717) is 11.5 Å². The van der Waals surface area contributed by atoms with E-state index in [4.69, 9.17) is 4.74 Å². The Morgan fingerprint density at radius 1 is 0.462 bits per heavy atom. The second-order valence-electron chi connectivity index (χ2n) is 6.01. The highest BCUT2D eigenvalue weighted by Crippen LogP contribution is 2.37. The van der Waals surface area contributed by atoms with Crippen molar-refractivity contribution in [2.45, 2.75) is 0 Å². The zero-order chi connectivity index (χ0) is 17.8. The van der Waals surface area contributed by atoms with Crippen LogP contribution in [0.1, 0.15) is 0 Å². The van der Waals surface area contributed by atoms with E-state index < -0.39 is 0 Å². The fraction of sp³-hybridized carbons (Fsp3) is 0. The predicted molar refractivity (Wildman–Crippen MR) is 105 cm³/mol. The molecule has 0 heterocycles. The summed E-state index contributed by atoms with van der Waals surface area (Å²) in [5.74, 6) is 1.28. The van der Waals surface area contributed by atoms with Gasteiger partial charge in [0.05, 0.1) is 0 Å². The van der Waals surface area contributed by atoms with Gasteiger partial charge in [0.2, 0.25) is 0 Å². The molecule has 0 aliphatic carbocycles. The van der Waals surface area contributed by atoms with Crippen LogP contribution in [0.5, 0.6) is 17.2 Å². The van der Waals surface area contributed by atoms with Gasteiger partial charge in [0.25, 0.3) is 0 Å². The van der Waals surface area contributed by atoms with Gasteiger partial charge in [-0.25, -0.2) is 0 Å². The van der Waals surface area contributed by atoms with Gasteiger partial charge >= 0.3 is 0 Å². The molecular weight excluding hydrogens is 320 g/mol. The van der Waals surface area contributed by atoms with Crippen molar-refractivity contribution < 1.29 is 9.84 Å². The Morgan fingerprint density at radius 3 is 1.73 bits per heavy atom. The molecule has 2 heteroatoms. The summed E-state index contributed by atoms with van der Waals surface area (Å²) in [6.07, 6.45) is 0. The minimum atomic E-state index is 0.127. The van der Waals surface area contributed by atoms with Crippen LogP contribution in [0.4, 0.5) is 0 Å². The summed E-state index contributed by atoms with van der Waals surface area (Å²) in [7, 11) is 0. The van der Waals surface area contributed by atoms with Gasteiger partial charge in [0.1, 0.15) is 5.75 Å². The summed E-state index contributed by atoms with van der Waals surface area (Å²) in [5, 5.41) is 9.97. The van der Waals surface area contributed by atoms with Gasteiger partial charge in [-0.2, -0.15) is 0 Å². The Balaban J connectivity index is 1.67. The number of para-hydroxylation sites is 3. The molecule has 0 radical (unpaired) electrons. The molecule has 0 aliphatic heterocycles. The normalized spacial score (nSPS) is 10.5. The van der Waals surface area contributed by atoms with Crippen LogP contribution in [-0.2, 0) is 0 Å². The Kier molecular flexibility index (Phi) is 4.40. The Bertz CT molecular complexity index is 1010. The predicted octanol–water partition coefficient (Wildman–Crippen LogP) is 6.52. The Labute approximate surface area is 153 Å². The topological polar surface area (TPSA) is 29.5 Å². The highest BCUT2D eigenvalue weighted by Gasteiger charge is 2.09. The smallest absolute Gasteiger partial charge is 0.169 e. The molecule has 0 unspecified atom stereocenters. The van der Waals surface area contributed by atoms with Crippen molar-refractivity contribution in [3.63, 3.8) is 0 Å². The maximum absolute atomic E-state index is 9.97. The van der Waals surface area contributed by atoms with Crippen molar-refractivity contribution >= 4 is 0 Å². The molecule has 4 rings (SSSR count). The molecule has 0 fully saturated rings. The van der Waals surface area contributed by atoms with Crippen molar-refractivity contribution in [1.29, 1.82) is 0 Å². The minimum absolute atomic E-state index is 0.127. The summed E-state index contributed by atoms with van der Waals surface area (Å²) >= 11 is 0. The van der Waals surface area contributed by atoms with Gasteiger partial charge in [-0.05, 0) is 34.9 Å². The number of phenols is 1. The van der Waals surface area contributed by atoms with E-state index in [2.05, 4.69) is 36.4 Å². The number of aromatic hydroxyl groups is 1. The summed E-state index contributed by atoms with van der Waals surface area (Å²) < 4.78 is 5.96. The zero-order valence-electron chi connectivity index (χ0n) is 14.2. The largest absolute Gasteiger partial charge is 0.504 e.